The fraction of sp³-hybridized carbons (Fsp3) is 0.0938. The highest BCUT2D eigenvalue weighted by molar-refractivity contribution is 7.96. The van der Waals surface area contributed by atoms with E-state index in [1.54, 1.807) is 0 Å². The van der Waals surface area contributed by atoms with E-state index in [9.17, 15) is 4.79 Å². The fourth-order valence-electron chi connectivity index (χ4n) is 4.98. The Labute approximate surface area is 208 Å². The average molecular weight is 475 g/mol. The summed E-state index contributed by atoms with van der Waals surface area (Å²) in [6, 6.07) is 46.3. The summed E-state index contributed by atoms with van der Waals surface area (Å²) in [6.45, 7) is 2.68. The van der Waals surface area contributed by atoms with Crippen LogP contribution in [-0.4, -0.2) is 18.6 Å². The van der Waals surface area contributed by atoms with Crippen LogP contribution in [0, 0.1) is 0 Å². The molecule has 2 nitrogen and oxygen atoms in total. The standard InChI is InChI=1S/C32H29NOP/c1-2-33(31-24-14-16-26-15-12-13-23-30(26)31)32(34)25-35(27-17-6-3-7-18-27,28-19-8-4-9-20-28)29-21-10-5-11-22-29/h3-24H,2,25H2,1H3/q+1. The van der Waals surface area contributed by atoms with Crippen molar-refractivity contribution in [2.45, 2.75) is 6.92 Å². The van der Waals surface area contributed by atoms with Gasteiger partial charge in [0, 0.05) is 11.9 Å². The van der Waals surface area contributed by atoms with Gasteiger partial charge in [-0.15, -0.1) is 0 Å². The Bertz CT molecular complexity index is 1320. The van der Waals surface area contributed by atoms with Crippen molar-refractivity contribution in [2.24, 2.45) is 0 Å². The van der Waals surface area contributed by atoms with Gasteiger partial charge in [-0.3, -0.25) is 4.79 Å². The van der Waals surface area contributed by atoms with Crippen LogP contribution in [0.3, 0.4) is 0 Å². The van der Waals surface area contributed by atoms with Crippen LogP contribution >= 0.6 is 7.26 Å². The van der Waals surface area contributed by atoms with E-state index in [4.69, 9.17) is 0 Å². The Morgan fingerprint density at radius 2 is 1.06 bits per heavy atom. The quantitative estimate of drug-likeness (QED) is 0.258. The van der Waals surface area contributed by atoms with Crippen LogP contribution < -0.4 is 20.8 Å². The van der Waals surface area contributed by atoms with Crippen molar-refractivity contribution in [2.75, 3.05) is 17.6 Å². The summed E-state index contributed by atoms with van der Waals surface area (Å²) in [7, 11) is -2.25. The first kappa shape index (κ1) is 23.0. The van der Waals surface area contributed by atoms with Crippen molar-refractivity contribution in [3.05, 3.63) is 133 Å². The lowest BCUT2D eigenvalue weighted by atomic mass is 10.1. The Morgan fingerprint density at radius 3 is 1.57 bits per heavy atom. The average Bonchev–Trinajstić information content (AvgIpc) is 2.94. The summed E-state index contributed by atoms with van der Waals surface area (Å²) in [5.41, 5.74) is 0.975. The minimum Gasteiger partial charge on any atom is -0.309 e. The highest BCUT2D eigenvalue weighted by Crippen LogP contribution is 2.55. The maximum atomic E-state index is 14.3. The number of carbonyl (C=O) groups is 1. The van der Waals surface area contributed by atoms with Gasteiger partial charge in [0.2, 0.25) is 0 Å². The Balaban J connectivity index is 1.68. The number of rotatable bonds is 7. The molecule has 0 fully saturated rings. The molecule has 0 saturated carbocycles. The predicted molar refractivity (Wildman–Crippen MR) is 152 cm³/mol. The maximum absolute atomic E-state index is 14.3. The third-order valence-corrected chi connectivity index (χ3v) is 10.9. The number of hydrogen-bond donors (Lipinski definition) is 0. The third kappa shape index (κ3) is 4.38. The topological polar surface area (TPSA) is 20.3 Å². The Morgan fingerprint density at radius 1 is 0.600 bits per heavy atom. The summed E-state index contributed by atoms with van der Waals surface area (Å²) in [5.74, 6) is 0.147. The molecule has 0 aromatic heterocycles. The van der Waals surface area contributed by atoms with Crippen molar-refractivity contribution >= 4 is 45.5 Å². The molecule has 0 saturated heterocycles. The monoisotopic (exact) mass is 474 g/mol. The number of amides is 1. The van der Waals surface area contributed by atoms with Crippen molar-refractivity contribution < 1.29 is 4.79 Å². The second-order valence-electron chi connectivity index (χ2n) is 8.61. The summed E-state index contributed by atoms with van der Waals surface area (Å²) in [6.07, 6.45) is 0.433. The maximum Gasteiger partial charge on any atom is 0.265 e. The number of benzene rings is 5. The predicted octanol–water partition coefficient (Wildman–Crippen LogP) is 6.19. The van der Waals surface area contributed by atoms with Gasteiger partial charge in [-0.1, -0.05) is 91.0 Å². The van der Waals surface area contributed by atoms with Gasteiger partial charge in [0.15, 0.2) is 6.16 Å². The number of fused-ring (bicyclic) bond motifs is 1. The van der Waals surface area contributed by atoms with Crippen molar-refractivity contribution in [3.63, 3.8) is 0 Å². The minimum atomic E-state index is -2.25. The molecule has 0 N–H and O–H groups in total. The fourth-order valence-corrected chi connectivity index (χ4v) is 9.04. The smallest absolute Gasteiger partial charge is 0.265 e. The molecule has 35 heavy (non-hydrogen) atoms. The van der Waals surface area contributed by atoms with Gasteiger partial charge >= 0.3 is 0 Å². The molecule has 0 heterocycles. The second-order valence-corrected chi connectivity index (χ2v) is 12.1. The van der Waals surface area contributed by atoms with E-state index in [2.05, 4.69) is 104 Å². The van der Waals surface area contributed by atoms with Crippen molar-refractivity contribution in [1.82, 2.24) is 0 Å². The molecule has 0 atom stereocenters. The van der Waals surface area contributed by atoms with E-state index in [-0.39, 0.29) is 5.91 Å². The molecule has 5 rings (SSSR count). The molecule has 5 aromatic rings. The molecule has 1 amide bonds. The lowest BCUT2D eigenvalue weighted by molar-refractivity contribution is -0.116. The van der Waals surface area contributed by atoms with Crippen molar-refractivity contribution in [3.8, 4) is 0 Å². The second kappa shape index (κ2) is 10.3. The van der Waals surface area contributed by atoms with E-state index in [1.165, 1.54) is 15.9 Å². The molecule has 0 aliphatic carbocycles. The zero-order valence-electron chi connectivity index (χ0n) is 19.9. The first-order valence-corrected chi connectivity index (χ1v) is 14.0. The SMILES string of the molecule is CCN(C(=O)C[P+](c1ccccc1)(c1ccccc1)c1ccccc1)c1cccc2ccccc12. The van der Waals surface area contributed by atoms with E-state index in [0.717, 1.165) is 16.5 Å². The summed E-state index contributed by atoms with van der Waals surface area (Å²) in [4.78, 5) is 16.3. The van der Waals surface area contributed by atoms with Gasteiger partial charge in [0.25, 0.3) is 5.91 Å². The van der Waals surface area contributed by atoms with Crippen LogP contribution in [-0.2, 0) is 4.79 Å². The van der Waals surface area contributed by atoms with Gasteiger partial charge in [0.05, 0.1) is 5.69 Å². The zero-order chi connectivity index (χ0) is 24.1. The van der Waals surface area contributed by atoms with Crippen LogP contribution in [0.2, 0.25) is 0 Å². The Hall–Kier alpha value is -3.74. The highest BCUT2D eigenvalue weighted by atomic mass is 31.2. The van der Waals surface area contributed by atoms with E-state index >= 15 is 0 Å². The van der Waals surface area contributed by atoms with Gasteiger partial charge in [-0.25, -0.2) is 0 Å². The van der Waals surface area contributed by atoms with Crippen molar-refractivity contribution in [1.29, 1.82) is 0 Å². The normalized spacial score (nSPS) is 11.3. The summed E-state index contributed by atoms with van der Waals surface area (Å²) >= 11 is 0. The van der Waals surface area contributed by atoms with Gasteiger partial charge < -0.3 is 4.90 Å². The number of hydrogen-bond acceptors (Lipinski definition) is 1. The first-order valence-electron chi connectivity index (χ1n) is 12.1. The molecule has 0 radical (unpaired) electrons. The molecule has 5 aromatic carbocycles. The summed E-state index contributed by atoms with van der Waals surface area (Å²) in [5, 5.41) is 5.92. The molecular weight excluding hydrogens is 445 g/mol. The van der Waals surface area contributed by atoms with E-state index in [0.29, 0.717) is 12.7 Å². The van der Waals surface area contributed by atoms with Gasteiger partial charge in [-0.2, -0.15) is 0 Å². The van der Waals surface area contributed by atoms with Crippen LogP contribution in [0.4, 0.5) is 5.69 Å². The zero-order valence-corrected chi connectivity index (χ0v) is 20.8. The molecule has 3 heteroatoms. The van der Waals surface area contributed by atoms with Crippen LogP contribution in [0.25, 0.3) is 10.8 Å². The third-order valence-electron chi connectivity index (χ3n) is 6.64. The molecular formula is C32H29NOP+. The number of carbonyl (C=O) groups excluding carboxylic acids is 1. The molecule has 0 aliphatic rings. The molecule has 0 spiro atoms. The van der Waals surface area contributed by atoms with E-state index in [1.807, 2.05) is 41.3 Å². The van der Waals surface area contributed by atoms with E-state index < -0.39 is 7.26 Å². The van der Waals surface area contributed by atoms with Crippen LogP contribution in [0.15, 0.2) is 133 Å². The number of nitrogens with zero attached hydrogens (tertiary/aromatic N) is 1. The van der Waals surface area contributed by atoms with Crippen LogP contribution in [0.5, 0.6) is 0 Å². The molecule has 0 unspecified atom stereocenters. The summed E-state index contributed by atoms with van der Waals surface area (Å²) < 4.78 is 0. The van der Waals surface area contributed by atoms with Gasteiger partial charge in [-0.05, 0) is 54.8 Å². The Kier molecular flexibility index (Phi) is 6.75. The molecule has 0 bridgehead atoms. The number of anilines is 1. The highest BCUT2D eigenvalue weighted by Gasteiger charge is 2.48. The lowest BCUT2D eigenvalue weighted by Gasteiger charge is -2.30. The first-order chi connectivity index (χ1) is 17.2. The molecule has 0 aliphatic heterocycles. The lowest BCUT2D eigenvalue weighted by Crippen LogP contribution is -2.41. The minimum absolute atomic E-state index is 0.147. The molecule has 172 valence electrons. The largest absolute Gasteiger partial charge is 0.309 e. The van der Waals surface area contributed by atoms with Gasteiger partial charge in [0.1, 0.15) is 23.2 Å². The van der Waals surface area contributed by atoms with Crippen LogP contribution in [0.1, 0.15) is 6.92 Å².